The van der Waals surface area contributed by atoms with E-state index in [2.05, 4.69) is 277 Å². The molecule has 0 atom stereocenters. The number of hydrogen-bond donors (Lipinski definition) is 0. The summed E-state index contributed by atoms with van der Waals surface area (Å²) in [5.74, 6) is 0. The summed E-state index contributed by atoms with van der Waals surface area (Å²) in [4.78, 5) is 0. The molecule has 0 saturated carbocycles. The van der Waals surface area contributed by atoms with Gasteiger partial charge >= 0.3 is 0 Å². The quantitative estimate of drug-likeness (QED) is 0.0421. The van der Waals surface area contributed by atoms with Crippen LogP contribution < -0.4 is 0 Å². The van der Waals surface area contributed by atoms with Gasteiger partial charge in [-0.15, -0.1) is 23.2 Å². The lowest BCUT2D eigenvalue weighted by atomic mass is 10.2. The molecule has 0 aromatic carbocycles. The summed E-state index contributed by atoms with van der Waals surface area (Å²) in [7, 11) is 0. The molecule has 0 saturated heterocycles. The Morgan fingerprint density at radius 2 is 0.0813 bits per heavy atom. The third-order valence-corrected chi connectivity index (χ3v) is 19.1. The Balaban J connectivity index is -0.0000000468. The van der Waals surface area contributed by atoms with Crippen molar-refractivity contribution in [1.29, 1.82) is 0 Å². The summed E-state index contributed by atoms with van der Waals surface area (Å²) in [6.45, 7) is 89.3. The molecule has 0 aliphatic heterocycles. The van der Waals surface area contributed by atoms with Crippen LogP contribution in [0, 0.1) is 0 Å². The highest BCUT2D eigenvalue weighted by Gasteiger charge is 1.85. The van der Waals surface area contributed by atoms with Crippen LogP contribution in [0.3, 0.4) is 0 Å². The van der Waals surface area contributed by atoms with Gasteiger partial charge in [0.1, 0.15) is 0 Å². The summed E-state index contributed by atoms with van der Waals surface area (Å²) < 4.78 is 0. The molecule has 0 nitrogen and oxygen atoms in total. The van der Waals surface area contributed by atoms with E-state index < -0.39 is 0 Å². The van der Waals surface area contributed by atoms with E-state index in [1.807, 2.05) is 0 Å². The number of hydrogen-bond acceptors (Lipinski definition) is 0. The zero-order valence-corrected chi connectivity index (χ0v) is 99.5. The van der Waals surface area contributed by atoms with Crippen molar-refractivity contribution in [2.45, 2.75) is 791 Å². The molecule has 0 aromatic rings. The monoisotopic (exact) mass is 1810 g/mol. The average molecular weight is 1810 g/mol. The zero-order chi connectivity index (χ0) is 99.3. The van der Waals surface area contributed by atoms with Crippen molar-refractivity contribution < 1.29 is 0 Å². The molecular formula is C121H282Cl2. The van der Waals surface area contributed by atoms with E-state index in [-0.39, 0.29) is 5.34 Å². The molecule has 0 amide bonds. The fraction of sp³-hybridized carbons (Fsp3) is 1.00. The van der Waals surface area contributed by atoms with Gasteiger partial charge in [-0.1, -0.05) is 791 Å². The van der Waals surface area contributed by atoms with Crippen LogP contribution in [-0.4, -0.2) is 5.34 Å². The fourth-order valence-electron chi connectivity index (χ4n) is 10.00. The van der Waals surface area contributed by atoms with Gasteiger partial charge in [-0.25, -0.2) is 0 Å². The van der Waals surface area contributed by atoms with E-state index in [1.165, 1.54) is 514 Å². The van der Waals surface area contributed by atoms with Gasteiger partial charge in [-0.2, -0.15) is 0 Å². The van der Waals surface area contributed by atoms with Gasteiger partial charge in [0.25, 0.3) is 0 Å². The molecule has 0 heterocycles. The maximum absolute atomic E-state index is 4.76. The summed E-state index contributed by atoms with van der Waals surface area (Å²) in [6.07, 6.45) is 111. The van der Waals surface area contributed by atoms with Crippen molar-refractivity contribution in [3.05, 3.63) is 0 Å². The van der Waals surface area contributed by atoms with Crippen LogP contribution in [0.15, 0.2) is 0 Å². The molecule has 0 aliphatic rings. The lowest BCUT2D eigenvalue weighted by Gasteiger charge is -1.86. The molecule has 0 bridgehead atoms. The van der Waals surface area contributed by atoms with E-state index in [0.29, 0.717) is 0 Å². The van der Waals surface area contributed by atoms with Crippen LogP contribution in [0.1, 0.15) is 791 Å². The van der Waals surface area contributed by atoms with E-state index in [0.717, 1.165) is 0 Å². The van der Waals surface area contributed by atoms with Crippen molar-refractivity contribution in [2.24, 2.45) is 0 Å². The van der Waals surface area contributed by atoms with Crippen LogP contribution >= 0.6 is 23.2 Å². The lowest BCUT2D eigenvalue weighted by Crippen LogP contribution is -1.66. The molecule has 2 heteroatoms. The molecule has 0 radical (unpaired) electrons. The van der Waals surface area contributed by atoms with Crippen molar-refractivity contribution in [3.8, 4) is 0 Å². The first-order valence-corrected chi connectivity index (χ1v) is 59.9. The summed E-state index contributed by atoms with van der Waals surface area (Å²) in [5, 5.41) is 0.194. The normalized spacial score (nSPS) is 8.93. The molecule has 0 rings (SSSR count). The molecule has 0 aliphatic carbocycles. The highest BCUT2D eigenvalue weighted by molar-refractivity contribution is 6.40. The maximum Gasteiger partial charge on any atom is 0.0967 e. The fourth-order valence-corrected chi connectivity index (χ4v) is 10.00. The Morgan fingerprint density at radius 1 is 0.0650 bits per heavy atom. The minimum atomic E-state index is 0.194. The number of unbranched alkanes of at least 4 members (excludes halogenated alkanes) is 60. The zero-order valence-electron chi connectivity index (χ0n) is 98.0. The van der Waals surface area contributed by atoms with Gasteiger partial charge in [0.05, 0.1) is 5.34 Å². The van der Waals surface area contributed by atoms with Gasteiger partial charge in [-0.3, -0.25) is 0 Å². The topological polar surface area (TPSA) is 0 Å². The van der Waals surface area contributed by atoms with E-state index in [1.54, 1.807) is 0 Å². The predicted molar refractivity (Wildman–Crippen MR) is 613 cm³/mol. The van der Waals surface area contributed by atoms with E-state index in [9.17, 15) is 0 Å². The Bertz CT molecular complexity index is 616. The Hall–Kier alpha value is 0.580. The standard InChI is InChI=1S/20C6H14.CH2Cl2/c20*1-3-5-6-4-2;2-1-3/h20*3-6H2,1-2H3;1H2. The van der Waals surface area contributed by atoms with Crippen molar-refractivity contribution >= 4 is 23.2 Å². The third kappa shape index (κ3) is 486. The summed E-state index contributed by atoms with van der Waals surface area (Å²) in [6, 6.07) is 0. The largest absolute Gasteiger partial charge is 0.109 e. The molecule has 0 aromatic heterocycles. The van der Waals surface area contributed by atoms with Crippen molar-refractivity contribution in [3.63, 3.8) is 0 Å². The van der Waals surface area contributed by atoms with Gasteiger partial charge < -0.3 is 0 Å². The Morgan fingerprint density at radius 3 is 0.0894 bits per heavy atom. The molecule has 0 unspecified atom stereocenters. The van der Waals surface area contributed by atoms with Crippen molar-refractivity contribution in [2.75, 3.05) is 5.34 Å². The minimum absolute atomic E-state index is 0.194. The first-order chi connectivity index (χ1) is 59.7. The number of halogens is 2. The van der Waals surface area contributed by atoms with E-state index in [4.69, 9.17) is 23.2 Å². The van der Waals surface area contributed by atoms with Crippen LogP contribution in [-0.2, 0) is 0 Å². The second-order valence-corrected chi connectivity index (χ2v) is 35.1. The first kappa shape index (κ1) is 176. The van der Waals surface area contributed by atoms with Crippen LogP contribution in [0.5, 0.6) is 0 Å². The highest BCUT2D eigenvalue weighted by atomic mass is 35.5. The molecular weight excluding hydrogens is 1520 g/mol. The summed E-state index contributed by atoms with van der Waals surface area (Å²) >= 11 is 9.53. The molecule has 0 spiro atoms. The minimum Gasteiger partial charge on any atom is -0.109 e. The maximum atomic E-state index is 4.76. The van der Waals surface area contributed by atoms with Gasteiger partial charge in [0, 0.05) is 0 Å². The van der Waals surface area contributed by atoms with E-state index >= 15 is 0 Å². The second kappa shape index (κ2) is 272. The second-order valence-electron chi connectivity index (χ2n) is 34.2. The van der Waals surface area contributed by atoms with Gasteiger partial charge in [0.15, 0.2) is 0 Å². The SMILES string of the molecule is CCCCCC.CCCCCC.CCCCCC.CCCCCC.CCCCCC.CCCCCC.CCCCCC.CCCCCC.CCCCCC.CCCCCC.CCCCCC.CCCCCC.CCCCCC.CCCCCC.CCCCCC.CCCCCC.CCCCCC.CCCCCC.CCCCCC.CCCCCC.ClCCl. The smallest absolute Gasteiger partial charge is 0.0967 e. The molecule has 0 N–H and O–H groups in total. The molecule has 0 fully saturated rings. The molecule has 123 heavy (non-hydrogen) atoms. The third-order valence-electron chi connectivity index (χ3n) is 19.1. The first-order valence-electron chi connectivity index (χ1n) is 58.8. The average Bonchev–Trinajstić information content (AvgIpc) is 3.80. The van der Waals surface area contributed by atoms with Crippen LogP contribution in [0.4, 0.5) is 0 Å². The lowest BCUT2D eigenvalue weighted by molar-refractivity contribution is 0.702. The number of rotatable bonds is 60. The van der Waals surface area contributed by atoms with Gasteiger partial charge in [0.2, 0.25) is 0 Å². The highest BCUT2D eigenvalue weighted by Crippen LogP contribution is 2.05. The number of alkyl halides is 2. The van der Waals surface area contributed by atoms with Crippen LogP contribution in [0.2, 0.25) is 0 Å². The Labute approximate surface area is 813 Å². The Kier molecular flexibility index (Phi) is 391. The summed E-state index contributed by atoms with van der Waals surface area (Å²) in [5.41, 5.74) is 0. The van der Waals surface area contributed by atoms with Crippen molar-refractivity contribution in [1.82, 2.24) is 0 Å². The van der Waals surface area contributed by atoms with Crippen LogP contribution in [0.25, 0.3) is 0 Å². The molecule has 780 valence electrons. The van der Waals surface area contributed by atoms with Gasteiger partial charge in [-0.05, 0) is 0 Å². The predicted octanol–water partition coefficient (Wildman–Crippen LogP) is 53.2.